The maximum absolute atomic E-state index is 13.1. The number of anilines is 2. The van der Waals surface area contributed by atoms with Gasteiger partial charge in [-0.3, -0.25) is 14.2 Å². The first-order valence-electron chi connectivity index (χ1n) is 7.97. The van der Waals surface area contributed by atoms with Crippen LogP contribution in [0.3, 0.4) is 0 Å². The molecule has 0 bridgehead atoms. The van der Waals surface area contributed by atoms with E-state index in [0.717, 1.165) is 0 Å². The second-order valence-corrected chi connectivity index (χ2v) is 5.69. The molecule has 1 aliphatic rings. The first-order chi connectivity index (χ1) is 12.0. The van der Waals surface area contributed by atoms with Crippen molar-refractivity contribution in [1.82, 2.24) is 20.1 Å². The molecule has 2 aromatic rings. The van der Waals surface area contributed by atoms with Crippen LogP contribution in [0.2, 0.25) is 0 Å². The molecule has 132 valence electrons. The predicted molar refractivity (Wildman–Crippen MR) is 88.3 cm³/mol. The molecule has 1 aliphatic heterocycles. The number of hydrogen-bond acceptors (Lipinski definition) is 6. The average molecular weight is 347 g/mol. The molecule has 1 aromatic heterocycles. The predicted octanol–water partition coefficient (Wildman–Crippen LogP) is 0.430. The highest BCUT2D eigenvalue weighted by Crippen LogP contribution is 2.26. The molecule has 0 saturated heterocycles. The largest absolute Gasteiger partial charge is 0.394 e. The molecule has 0 saturated carbocycles. The van der Waals surface area contributed by atoms with Gasteiger partial charge in [0.2, 0.25) is 11.6 Å². The third kappa shape index (κ3) is 3.22. The molecule has 2 N–H and O–H groups in total. The summed E-state index contributed by atoms with van der Waals surface area (Å²) >= 11 is 0. The number of nitrogens with one attached hydrogen (secondary N) is 1. The molecular weight excluding hydrogens is 329 g/mol. The Hall–Kier alpha value is -2.81. The fourth-order valence-corrected chi connectivity index (χ4v) is 2.65. The van der Waals surface area contributed by atoms with Gasteiger partial charge in [0, 0.05) is 18.8 Å². The van der Waals surface area contributed by atoms with Gasteiger partial charge in [0.1, 0.15) is 5.82 Å². The first kappa shape index (κ1) is 17.0. The van der Waals surface area contributed by atoms with Crippen LogP contribution in [-0.4, -0.2) is 45.0 Å². The number of carbonyl (C=O) groups is 1. The van der Waals surface area contributed by atoms with Crippen LogP contribution >= 0.6 is 0 Å². The van der Waals surface area contributed by atoms with Gasteiger partial charge in [0.05, 0.1) is 12.6 Å². The number of carbonyl (C=O) groups excluding carboxylic acids is 1. The summed E-state index contributed by atoms with van der Waals surface area (Å²) in [7, 11) is 0. The van der Waals surface area contributed by atoms with E-state index in [9.17, 15) is 14.0 Å². The van der Waals surface area contributed by atoms with Crippen molar-refractivity contribution in [2.24, 2.45) is 0 Å². The molecule has 1 amide bonds. The van der Waals surface area contributed by atoms with Gasteiger partial charge in [-0.25, -0.2) is 4.39 Å². The van der Waals surface area contributed by atoms with E-state index in [1.807, 2.05) is 6.92 Å². The summed E-state index contributed by atoms with van der Waals surface area (Å²) < 4.78 is 14.4. The zero-order valence-corrected chi connectivity index (χ0v) is 13.6. The molecule has 3 rings (SSSR count). The third-order valence-corrected chi connectivity index (χ3v) is 4.12. The van der Waals surface area contributed by atoms with Crippen LogP contribution in [0.5, 0.6) is 0 Å². The van der Waals surface area contributed by atoms with Crippen LogP contribution in [0.4, 0.5) is 16.0 Å². The molecular formula is C16H18FN5O3. The summed E-state index contributed by atoms with van der Waals surface area (Å²) in [4.78, 5) is 26.5. The fraction of sp³-hybridized carbons (Fsp3) is 0.375. The maximum atomic E-state index is 13.1. The van der Waals surface area contributed by atoms with Crippen LogP contribution in [0.1, 0.15) is 23.8 Å². The monoisotopic (exact) mass is 347 g/mol. The van der Waals surface area contributed by atoms with Crippen molar-refractivity contribution >= 4 is 17.5 Å². The van der Waals surface area contributed by atoms with Crippen molar-refractivity contribution in [3.05, 3.63) is 46.1 Å². The van der Waals surface area contributed by atoms with E-state index < -0.39 is 17.5 Å². The Bertz CT molecular complexity index is 833. The maximum Gasteiger partial charge on any atom is 0.286 e. The number of aliphatic hydroxyl groups excluding tert-OH is 1. The van der Waals surface area contributed by atoms with Crippen LogP contribution in [0.25, 0.3) is 0 Å². The minimum absolute atomic E-state index is 0.222. The molecule has 8 nitrogen and oxygen atoms in total. The summed E-state index contributed by atoms with van der Waals surface area (Å²) in [6.07, 6.45) is 0.528. The molecule has 0 spiro atoms. The second-order valence-electron chi connectivity index (χ2n) is 5.69. The number of hydrogen-bond donors (Lipinski definition) is 2. The lowest BCUT2D eigenvalue weighted by molar-refractivity contribution is 0.0906. The normalized spacial score (nSPS) is 14.3. The van der Waals surface area contributed by atoms with E-state index in [-0.39, 0.29) is 18.1 Å². The molecule has 9 heteroatoms. The quantitative estimate of drug-likeness (QED) is 0.814. The highest BCUT2D eigenvalue weighted by molar-refractivity contribution is 5.92. The molecule has 0 aliphatic carbocycles. The fourth-order valence-electron chi connectivity index (χ4n) is 2.65. The molecule has 1 atom stereocenters. The molecule has 0 radical (unpaired) electrons. The van der Waals surface area contributed by atoms with E-state index in [1.165, 1.54) is 16.7 Å². The summed E-state index contributed by atoms with van der Waals surface area (Å²) in [6.45, 7) is 2.40. The van der Waals surface area contributed by atoms with Crippen LogP contribution in [-0.2, 0) is 6.54 Å². The van der Waals surface area contributed by atoms with Gasteiger partial charge in [-0.1, -0.05) is 6.92 Å². The first-order valence-corrected chi connectivity index (χ1v) is 7.97. The van der Waals surface area contributed by atoms with E-state index >= 15 is 0 Å². The average Bonchev–Trinajstić information content (AvgIpc) is 3.05. The highest BCUT2D eigenvalue weighted by Gasteiger charge is 2.27. The molecule has 2 heterocycles. The lowest BCUT2D eigenvalue weighted by Crippen LogP contribution is -2.41. The van der Waals surface area contributed by atoms with E-state index in [4.69, 9.17) is 5.11 Å². The third-order valence-electron chi connectivity index (χ3n) is 4.12. The number of amides is 1. The Morgan fingerprint density at radius 1 is 1.32 bits per heavy atom. The summed E-state index contributed by atoms with van der Waals surface area (Å²) in [5.41, 5.74) is -0.165. The van der Waals surface area contributed by atoms with E-state index in [0.29, 0.717) is 31.1 Å². The van der Waals surface area contributed by atoms with Gasteiger partial charge in [-0.2, -0.15) is 0 Å². The van der Waals surface area contributed by atoms with Crippen LogP contribution in [0.15, 0.2) is 29.1 Å². The summed E-state index contributed by atoms with van der Waals surface area (Å²) in [5.74, 6) is -0.705. The van der Waals surface area contributed by atoms with Gasteiger partial charge in [-0.15, -0.1) is 10.2 Å². The lowest BCUT2D eigenvalue weighted by Gasteiger charge is -2.17. The summed E-state index contributed by atoms with van der Waals surface area (Å²) in [5, 5.41) is 19.5. The molecule has 25 heavy (non-hydrogen) atoms. The van der Waals surface area contributed by atoms with Crippen molar-refractivity contribution in [3.8, 4) is 0 Å². The number of aliphatic hydroxyl groups is 1. The number of nitrogens with zero attached hydrogens (tertiary/aromatic N) is 4. The zero-order chi connectivity index (χ0) is 18.0. The van der Waals surface area contributed by atoms with Gasteiger partial charge < -0.3 is 15.3 Å². The lowest BCUT2D eigenvalue weighted by atomic mass is 10.2. The van der Waals surface area contributed by atoms with Gasteiger partial charge in [-0.05, 0) is 30.7 Å². The number of halogens is 1. The van der Waals surface area contributed by atoms with Crippen LogP contribution in [0, 0.1) is 5.82 Å². The minimum atomic E-state index is -0.658. The Morgan fingerprint density at radius 2 is 2.04 bits per heavy atom. The van der Waals surface area contributed by atoms with E-state index in [2.05, 4.69) is 15.5 Å². The van der Waals surface area contributed by atoms with E-state index in [1.54, 1.807) is 17.0 Å². The minimum Gasteiger partial charge on any atom is -0.394 e. The van der Waals surface area contributed by atoms with Crippen molar-refractivity contribution < 1.29 is 14.3 Å². The highest BCUT2D eigenvalue weighted by atomic mass is 19.1. The van der Waals surface area contributed by atoms with Crippen molar-refractivity contribution in [2.75, 3.05) is 18.1 Å². The Morgan fingerprint density at radius 3 is 2.68 bits per heavy atom. The van der Waals surface area contributed by atoms with Crippen LogP contribution < -0.4 is 15.8 Å². The zero-order valence-electron chi connectivity index (χ0n) is 13.6. The van der Waals surface area contributed by atoms with Gasteiger partial charge in [0.15, 0.2) is 0 Å². The van der Waals surface area contributed by atoms with Crippen molar-refractivity contribution in [1.29, 1.82) is 0 Å². The molecule has 1 aromatic carbocycles. The molecule has 0 fully saturated rings. The number of fused-ring (bicyclic) bond motifs is 1. The van der Waals surface area contributed by atoms with Gasteiger partial charge >= 0.3 is 0 Å². The number of rotatable bonds is 5. The SMILES string of the molecule is CC[C@H](CO)NC(=O)c1nnc2n(c1=O)CCN2c1ccc(F)cc1. The van der Waals surface area contributed by atoms with Crippen molar-refractivity contribution in [2.45, 2.75) is 25.9 Å². The standard InChI is InChI=1S/C16H18FN5O3/c1-2-11(9-23)18-14(24)13-15(25)22-8-7-21(16(22)20-19-13)12-5-3-10(17)4-6-12/h3-6,11,23H,2,7-9H2,1H3,(H,18,24)/t11-/m1/s1. The Balaban J connectivity index is 1.90. The molecule has 0 unspecified atom stereocenters. The second kappa shape index (κ2) is 6.98. The van der Waals surface area contributed by atoms with Gasteiger partial charge in [0.25, 0.3) is 11.5 Å². The smallest absolute Gasteiger partial charge is 0.286 e. The van der Waals surface area contributed by atoms with Crippen molar-refractivity contribution in [3.63, 3.8) is 0 Å². The number of aromatic nitrogens is 3. The Labute approximate surface area is 142 Å². The Kier molecular flexibility index (Phi) is 4.75. The summed E-state index contributed by atoms with van der Waals surface area (Å²) in [6, 6.07) is 5.38. The number of benzene rings is 1. The topological polar surface area (TPSA) is 100 Å².